The number of carbonyl (C=O) groups is 1. The highest BCUT2D eigenvalue weighted by atomic mass is 35.5. The van der Waals surface area contributed by atoms with Crippen molar-refractivity contribution in [2.45, 2.75) is 19.4 Å². The van der Waals surface area contributed by atoms with Crippen LogP contribution in [0.3, 0.4) is 0 Å². The molecule has 1 amide bonds. The van der Waals surface area contributed by atoms with Crippen molar-refractivity contribution in [1.82, 2.24) is 14.5 Å². The maximum atomic E-state index is 12.5. The summed E-state index contributed by atoms with van der Waals surface area (Å²) in [6, 6.07) is 4.64. The monoisotopic (exact) mass is 338 g/mol. The quantitative estimate of drug-likeness (QED) is 0.614. The number of halogens is 1. The highest BCUT2D eigenvalue weighted by Crippen LogP contribution is 2.27. The third-order valence-corrected chi connectivity index (χ3v) is 3.76. The van der Waals surface area contributed by atoms with Crippen molar-refractivity contribution in [2.24, 2.45) is 0 Å². The SMILES string of the molecule is CC1(C)COCN1C(=O)n1cnc(-c2ccc(O)c(N)c2)c1.Cl. The molecule has 3 N–H and O–H groups in total. The average Bonchev–Trinajstić information content (AvgIpc) is 3.07. The van der Waals surface area contributed by atoms with Crippen molar-refractivity contribution in [3.63, 3.8) is 0 Å². The molecule has 124 valence electrons. The molecular formula is C15H19ClN4O3. The molecule has 2 aromatic rings. The van der Waals surface area contributed by atoms with Gasteiger partial charge in [-0.05, 0) is 32.0 Å². The van der Waals surface area contributed by atoms with E-state index in [2.05, 4.69) is 4.98 Å². The number of benzene rings is 1. The van der Waals surface area contributed by atoms with Crippen molar-refractivity contribution in [3.8, 4) is 17.0 Å². The Labute approximate surface area is 140 Å². The van der Waals surface area contributed by atoms with Crippen molar-refractivity contribution >= 4 is 24.1 Å². The van der Waals surface area contributed by atoms with Crippen molar-refractivity contribution in [3.05, 3.63) is 30.7 Å². The Morgan fingerprint density at radius 2 is 2.17 bits per heavy atom. The number of nitrogen functional groups attached to an aromatic ring is 1. The molecule has 1 aromatic carbocycles. The van der Waals surface area contributed by atoms with Gasteiger partial charge in [0.2, 0.25) is 0 Å². The fraction of sp³-hybridized carbons (Fsp3) is 0.333. The second-order valence-electron chi connectivity index (χ2n) is 5.94. The molecule has 1 aliphatic rings. The Morgan fingerprint density at radius 1 is 1.43 bits per heavy atom. The number of hydrogen-bond acceptors (Lipinski definition) is 5. The molecule has 7 nitrogen and oxygen atoms in total. The normalized spacial score (nSPS) is 16.2. The number of hydrogen-bond donors (Lipinski definition) is 2. The van der Waals surface area contributed by atoms with Crippen molar-refractivity contribution < 1.29 is 14.6 Å². The number of ether oxygens (including phenoxy) is 1. The molecule has 1 saturated heterocycles. The molecule has 0 saturated carbocycles. The van der Waals surface area contributed by atoms with E-state index in [1.54, 1.807) is 23.2 Å². The van der Waals surface area contributed by atoms with Gasteiger partial charge >= 0.3 is 6.03 Å². The van der Waals surface area contributed by atoms with Gasteiger partial charge in [-0.3, -0.25) is 9.47 Å². The number of nitrogens with zero attached hydrogens (tertiary/aromatic N) is 3. The predicted molar refractivity (Wildman–Crippen MR) is 88.5 cm³/mol. The molecular weight excluding hydrogens is 320 g/mol. The van der Waals surface area contributed by atoms with Gasteiger partial charge in [-0.15, -0.1) is 12.4 Å². The molecule has 1 aliphatic heterocycles. The van der Waals surface area contributed by atoms with E-state index in [9.17, 15) is 9.90 Å². The van der Waals surface area contributed by atoms with Gasteiger partial charge in [0.05, 0.1) is 23.5 Å². The fourth-order valence-electron chi connectivity index (χ4n) is 2.38. The maximum absolute atomic E-state index is 12.5. The van der Waals surface area contributed by atoms with E-state index in [4.69, 9.17) is 10.5 Å². The smallest absolute Gasteiger partial charge is 0.331 e. The number of anilines is 1. The van der Waals surface area contributed by atoms with E-state index in [-0.39, 0.29) is 42.1 Å². The molecule has 0 bridgehead atoms. The second kappa shape index (κ2) is 6.10. The van der Waals surface area contributed by atoms with Crippen LogP contribution in [-0.2, 0) is 4.74 Å². The molecule has 0 unspecified atom stereocenters. The van der Waals surface area contributed by atoms with E-state index >= 15 is 0 Å². The molecule has 0 atom stereocenters. The average molecular weight is 339 g/mol. The number of aromatic hydroxyl groups is 1. The molecule has 1 aromatic heterocycles. The third kappa shape index (κ3) is 3.11. The first-order chi connectivity index (χ1) is 10.4. The number of carbonyl (C=O) groups excluding carboxylic acids is 1. The van der Waals surface area contributed by atoms with Crippen LogP contribution < -0.4 is 5.73 Å². The van der Waals surface area contributed by atoms with Crippen molar-refractivity contribution in [1.29, 1.82) is 0 Å². The summed E-state index contributed by atoms with van der Waals surface area (Å²) in [5, 5.41) is 9.46. The first-order valence-corrected chi connectivity index (χ1v) is 6.91. The molecule has 1 fully saturated rings. The molecule has 23 heavy (non-hydrogen) atoms. The Balaban J connectivity index is 0.00000192. The van der Waals surface area contributed by atoms with Gasteiger partial charge < -0.3 is 15.6 Å². The third-order valence-electron chi connectivity index (χ3n) is 3.76. The number of imidazole rings is 1. The van der Waals surface area contributed by atoms with Crippen LogP contribution in [0.15, 0.2) is 30.7 Å². The molecule has 3 rings (SSSR count). The first kappa shape index (κ1) is 17.1. The standard InChI is InChI=1S/C15H18N4O3.ClH/c1-15(2)7-22-9-19(15)14(21)18-6-12(17-8-18)10-3-4-13(20)11(16)5-10;/h3-6,8,20H,7,9,16H2,1-2H3;1H. The largest absolute Gasteiger partial charge is 0.506 e. The number of phenols is 1. The summed E-state index contributed by atoms with van der Waals surface area (Å²) in [5.41, 5.74) is 6.96. The van der Waals surface area contributed by atoms with E-state index < -0.39 is 0 Å². The molecule has 0 spiro atoms. The zero-order valence-electron chi connectivity index (χ0n) is 12.9. The molecule has 8 heteroatoms. The topological polar surface area (TPSA) is 93.6 Å². The lowest BCUT2D eigenvalue weighted by Gasteiger charge is -2.28. The number of amides is 1. The Bertz CT molecular complexity index is 729. The molecule has 0 radical (unpaired) electrons. The van der Waals surface area contributed by atoms with Gasteiger partial charge in [0, 0.05) is 11.8 Å². The number of phenolic OH excluding ortho intramolecular Hbond substituents is 1. The maximum Gasteiger partial charge on any atom is 0.331 e. The van der Waals surface area contributed by atoms with Gasteiger partial charge in [-0.1, -0.05) is 0 Å². The van der Waals surface area contributed by atoms with E-state index in [1.165, 1.54) is 17.0 Å². The highest BCUT2D eigenvalue weighted by molar-refractivity contribution is 5.85. The summed E-state index contributed by atoms with van der Waals surface area (Å²) in [4.78, 5) is 18.4. The van der Waals surface area contributed by atoms with Crippen molar-refractivity contribution in [2.75, 3.05) is 19.1 Å². The van der Waals surface area contributed by atoms with E-state index in [0.717, 1.165) is 5.56 Å². The minimum absolute atomic E-state index is 0. The summed E-state index contributed by atoms with van der Waals surface area (Å²) >= 11 is 0. The summed E-state index contributed by atoms with van der Waals surface area (Å²) in [5.74, 6) is 0.0234. The molecule has 0 aliphatic carbocycles. The zero-order valence-corrected chi connectivity index (χ0v) is 13.7. The van der Waals surface area contributed by atoms with Crippen LogP contribution >= 0.6 is 12.4 Å². The number of rotatable bonds is 1. The molecule has 2 heterocycles. The summed E-state index contributed by atoms with van der Waals surface area (Å²) in [6.45, 7) is 4.69. The van der Waals surface area contributed by atoms with Gasteiger partial charge in [-0.2, -0.15) is 0 Å². The Kier molecular flexibility index (Phi) is 4.53. The lowest BCUT2D eigenvalue weighted by molar-refractivity contribution is 0.140. The van der Waals surface area contributed by atoms with Crippen LogP contribution in [0.5, 0.6) is 5.75 Å². The zero-order chi connectivity index (χ0) is 15.9. The lowest BCUT2D eigenvalue weighted by atomic mass is 10.1. The Hall–Kier alpha value is -2.25. The van der Waals surface area contributed by atoms with Crippen LogP contribution in [0.4, 0.5) is 10.5 Å². The van der Waals surface area contributed by atoms with Crippen LogP contribution in [0, 0.1) is 0 Å². The van der Waals surface area contributed by atoms with Gasteiger partial charge in [0.1, 0.15) is 18.8 Å². The number of aromatic nitrogens is 2. The van der Waals surface area contributed by atoms with Gasteiger partial charge in [0.15, 0.2) is 0 Å². The second-order valence-corrected chi connectivity index (χ2v) is 5.94. The minimum atomic E-state index is -0.343. The predicted octanol–water partition coefficient (Wildman–Crippen LogP) is 2.30. The number of nitrogens with two attached hydrogens (primary N) is 1. The highest BCUT2D eigenvalue weighted by Gasteiger charge is 2.37. The first-order valence-electron chi connectivity index (χ1n) is 6.91. The van der Waals surface area contributed by atoms with Crippen LogP contribution in [0.1, 0.15) is 13.8 Å². The van der Waals surface area contributed by atoms with Crippen LogP contribution in [0.25, 0.3) is 11.3 Å². The summed E-state index contributed by atoms with van der Waals surface area (Å²) < 4.78 is 6.79. The van der Waals surface area contributed by atoms with Gasteiger partial charge in [-0.25, -0.2) is 9.78 Å². The fourth-order valence-corrected chi connectivity index (χ4v) is 2.38. The van der Waals surface area contributed by atoms with E-state index in [1.807, 2.05) is 13.8 Å². The van der Waals surface area contributed by atoms with Crippen LogP contribution in [-0.4, -0.2) is 44.5 Å². The lowest BCUT2D eigenvalue weighted by Crippen LogP contribution is -2.45. The minimum Gasteiger partial charge on any atom is -0.506 e. The van der Waals surface area contributed by atoms with E-state index in [0.29, 0.717) is 12.3 Å². The summed E-state index contributed by atoms with van der Waals surface area (Å²) in [6.07, 6.45) is 3.11. The van der Waals surface area contributed by atoms with Gasteiger partial charge in [0.25, 0.3) is 0 Å². The summed E-state index contributed by atoms with van der Waals surface area (Å²) in [7, 11) is 0. The Morgan fingerprint density at radius 3 is 2.78 bits per heavy atom. The van der Waals surface area contributed by atoms with Crippen LogP contribution in [0.2, 0.25) is 0 Å².